The predicted molar refractivity (Wildman–Crippen MR) is 64.3 cm³/mol. The Morgan fingerprint density at radius 1 is 1.50 bits per heavy atom. The van der Waals surface area contributed by atoms with E-state index >= 15 is 0 Å². The molecule has 8 heteroatoms. The van der Waals surface area contributed by atoms with Gasteiger partial charge in [-0.2, -0.15) is 4.57 Å². The van der Waals surface area contributed by atoms with E-state index in [1.54, 1.807) is 28.2 Å². The third-order valence-corrected chi connectivity index (χ3v) is 3.02. The molecule has 0 radical (unpaired) electrons. The van der Waals surface area contributed by atoms with Crippen molar-refractivity contribution in [2.45, 2.75) is 12.5 Å². The zero-order chi connectivity index (χ0) is 13.8. The molecule has 0 spiro atoms. The standard InChI is InChI=1S/C12H18N3O4.HI/c1-13-3-4-15(9-13)12(17)14-5-6-19-10(8-14)7-11(16)18-2;/h3-4,9-10H,5-8H2,1-2H3;1H/q+1;/p-1. The number of ether oxygens (including phenoxy) is 2. The molecule has 0 saturated carbocycles. The summed E-state index contributed by atoms with van der Waals surface area (Å²) < 4.78 is 13.4. The molecule has 2 rings (SSSR count). The van der Waals surface area contributed by atoms with Crippen LogP contribution < -0.4 is 28.5 Å². The number of carbonyl (C=O) groups excluding carboxylic acids is 2. The summed E-state index contributed by atoms with van der Waals surface area (Å²) in [5, 5.41) is 0. The minimum atomic E-state index is -0.327. The van der Waals surface area contributed by atoms with Gasteiger partial charge in [0, 0.05) is 6.54 Å². The van der Waals surface area contributed by atoms with Crippen molar-refractivity contribution in [1.29, 1.82) is 0 Å². The van der Waals surface area contributed by atoms with Gasteiger partial charge in [-0.05, 0) is 0 Å². The maximum absolute atomic E-state index is 12.2. The summed E-state index contributed by atoms with van der Waals surface area (Å²) in [6.45, 7) is 1.36. The molecular formula is C12H18IN3O4. The molecule has 0 aromatic carbocycles. The number of esters is 1. The highest BCUT2D eigenvalue weighted by Crippen LogP contribution is 2.10. The summed E-state index contributed by atoms with van der Waals surface area (Å²) >= 11 is 0. The highest BCUT2D eigenvalue weighted by molar-refractivity contribution is 5.76. The van der Waals surface area contributed by atoms with Crippen LogP contribution >= 0.6 is 0 Å². The summed E-state index contributed by atoms with van der Waals surface area (Å²) in [7, 11) is 3.19. The van der Waals surface area contributed by atoms with E-state index < -0.39 is 0 Å². The van der Waals surface area contributed by atoms with Crippen LogP contribution in [0.2, 0.25) is 0 Å². The lowest BCUT2D eigenvalue weighted by atomic mass is 10.2. The van der Waals surface area contributed by atoms with Crippen LogP contribution in [0.1, 0.15) is 6.42 Å². The van der Waals surface area contributed by atoms with Gasteiger partial charge in [0.1, 0.15) is 12.4 Å². The Balaban J connectivity index is 0.00000200. The van der Waals surface area contributed by atoms with Gasteiger partial charge >= 0.3 is 12.0 Å². The Labute approximate surface area is 134 Å². The van der Waals surface area contributed by atoms with E-state index in [1.165, 1.54) is 11.7 Å². The number of hydrogen-bond acceptors (Lipinski definition) is 4. The van der Waals surface area contributed by atoms with Gasteiger partial charge < -0.3 is 33.5 Å². The van der Waals surface area contributed by atoms with Crippen LogP contribution in [0.4, 0.5) is 4.79 Å². The number of morpholine rings is 1. The zero-order valence-electron chi connectivity index (χ0n) is 11.5. The SMILES string of the molecule is COC(=O)CC1CN(C(=O)n2cc[n+](C)c2)CCO1.[I-]. The van der Waals surface area contributed by atoms with Crippen LogP contribution in [0.15, 0.2) is 18.7 Å². The van der Waals surface area contributed by atoms with Crippen LogP contribution in [0.3, 0.4) is 0 Å². The number of aromatic nitrogens is 2. The van der Waals surface area contributed by atoms with Crippen molar-refractivity contribution in [2.24, 2.45) is 7.05 Å². The van der Waals surface area contributed by atoms with Crippen LogP contribution in [-0.2, 0) is 21.3 Å². The first-order chi connectivity index (χ1) is 9.10. The van der Waals surface area contributed by atoms with Crippen molar-refractivity contribution in [3.05, 3.63) is 18.7 Å². The number of amides is 1. The lowest BCUT2D eigenvalue weighted by Crippen LogP contribution is -3.00. The van der Waals surface area contributed by atoms with Crippen LogP contribution in [0.5, 0.6) is 0 Å². The first-order valence-electron chi connectivity index (χ1n) is 6.11. The Morgan fingerprint density at radius 3 is 2.85 bits per heavy atom. The van der Waals surface area contributed by atoms with Crippen molar-refractivity contribution < 1.29 is 47.6 Å². The number of hydrogen-bond donors (Lipinski definition) is 0. The molecule has 1 aromatic rings. The second-order valence-corrected chi connectivity index (χ2v) is 4.49. The Morgan fingerprint density at radius 2 is 2.25 bits per heavy atom. The molecule has 1 aliphatic heterocycles. The van der Waals surface area contributed by atoms with Crippen molar-refractivity contribution >= 4 is 12.0 Å². The quantitative estimate of drug-likeness (QED) is 0.297. The van der Waals surface area contributed by atoms with Gasteiger partial charge in [-0.3, -0.25) is 9.69 Å². The van der Waals surface area contributed by atoms with Crippen molar-refractivity contribution in [1.82, 2.24) is 9.47 Å². The summed E-state index contributed by atoms with van der Waals surface area (Å²) in [5.74, 6) is -0.327. The van der Waals surface area contributed by atoms with E-state index in [2.05, 4.69) is 4.74 Å². The molecule has 1 unspecified atom stereocenters. The average molecular weight is 395 g/mol. The van der Waals surface area contributed by atoms with E-state index in [0.717, 1.165) is 0 Å². The molecule has 0 bridgehead atoms. The highest BCUT2D eigenvalue weighted by Gasteiger charge is 2.29. The van der Waals surface area contributed by atoms with E-state index in [-0.39, 0.29) is 48.5 Å². The largest absolute Gasteiger partial charge is 1.00 e. The zero-order valence-corrected chi connectivity index (χ0v) is 13.6. The second-order valence-electron chi connectivity index (χ2n) is 4.49. The number of carbonyl (C=O) groups is 2. The first-order valence-corrected chi connectivity index (χ1v) is 6.11. The molecule has 0 N–H and O–H groups in total. The summed E-state index contributed by atoms with van der Waals surface area (Å²) in [6.07, 6.45) is 5.07. The molecule has 1 aliphatic rings. The van der Waals surface area contributed by atoms with Crippen LogP contribution in [0.25, 0.3) is 0 Å². The maximum Gasteiger partial charge on any atom is 0.415 e. The summed E-state index contributed by atoms with van der Waals surface area (Å²) in [6, 6.07) is -0.112. The van der Waals surface area contributed by atoms with E-state index in [9.17, 15) is 9.59 Å². The normalized spacial score (nSPS) is 18.3. The van der Waals surface area contributed by atoms with Crippen LogP contribution in [0, 0.1) is 0 Å². The third kappa shape index (κ3) is 4.17. The highest BCUT2D eigenvalue weighted by atomic mass is 127. The Kier molecular flexibility index (Phi) is 6.40. The molecule has 0 aliphatic carbocycles. The summed E-state index contributed by atoms with van der Waals surface area (Å²) in [5.41, 5.74) is 0. The minimum absolute atomic E-state index is 0. The van der Waals surface area contributed by atoms with E-state index in [1.807, 2.05) is 7.05 Å². The molecule has 1 amide bonds. The topological polar surface area (TPSA) is 64.7 Å². The summed E-state index contributed by atoms with van der Waals surface area (Å²) in [4.78, 5) is 25.1. The van der Waals surface area contributed by atoms with Gasteiger partial charge in [0.05, 0.1) is 39.8 Å². The molecule has 1 atom stereocenters. The fourth-order valence-electron chi connectivity index (χ4n) is 2.01. The van der Waals surface area contributed by atoms with Gasteiger partial charge in [0.25, 0.3) is 6.33 Å². The van der Waals surface area contributed by atoms with Crippen LogP contribution in [-0.4, -0.2) is 54.4 Å². The fourth-order valence-corrected chi connectivity index (χ4v) is 2.01. The predicted octanol–water partition coefficient (Wildman–Crippen LogP) is -3.45. The first kappa shape index (κ1) is 16.9. The third-order valence-electron chi connectivity index (χ3n) is 3.02. The van der Waals surface area contributed by atoms with Gasteiger partial charge in [0.15, 0.2) is 0 Å². The number of aryl methyl sites for hydroxylation is 1. The monoisotopic (exact) mass is 395 g/mol. The number of rotatable bonds is 2. The molecule has 1 saturated heterocycles. The van der Waals surface area contributed by atoms with Crippen molar-refractivity contribution in [3.63, 3.8) is 0 Å². The lowest BCUT2D eigenvalue weighted by Gasteiger charge is -2.30. The number of nitrogens with zero attached hydrogens (tertiary/aromatic N) is 3. The smallest absolute Gasteiger partial charge is 0.415 e. The van der Waals surface area contributed by atoms with Gasteiger partial charge in [-0.25, -0.2) is 9.36 Å². The Bertz CT molecular complexity index is 477. The number of imidazole rings is 1. The molecule has 112 valence electrons. The minimum Gasteiger partial charge on any atom is -1.00 e. The number of halogens is 1. The molecule has 20 heavy (non-hydrogen) atoms. The maximum atomic E-state index is 12.2. The number of methoxy groups -OCH3 is 1. The molecular weight excluding hydrogens is 377 g/mol. The molecule has 1 fully saturated rings. The van der Waals surface area contributed by atoms with Crippen molar-refractivity contribution in [2.75, 3.05) is 26.8 Å². The van der Waals surface area contributed by atoms with Gasteiger partial charge in [0.2, 0.25) is 0 Å². The molecule has 2 heterocycles. The van der Waals surface area contributed by atoms with E-state index in [4.69, 9.17) is 4.74 Å². The van der Waals surface area contributed by atoms with Crippen molar-refractivity contribution in [3.8, 4) is 0 Å². The molecule has 1 aromatic heterocycles. The Hall–Kier alpha value is -1.16. The van der Waals surface area contributed by atoms with Gasteiger partial charge in [-0.1, -0.05) is 0 Å². The average Bonchev–Trinajstić information content (AvgIpc) is 2.84. The second kappa shape index (κ2) is 7.58. The lowest BCUT2D eigenvalue weighted by molar-refractivity contribution is -0.670. The van der Waals surface area contributed by atoms with E-state index in [0.29, 0.717) is 19.7 Å². The van der Waals surface area contributed by atoms with Gasteiger partial charge in [-0.15, -0.1) is 0 Å². The molecule has 7 nitrogen and oxygen atoms in total. The fraction of sp³-hybridized carbons (Fsp3) is 0.583.